The number of nitrogens with zero attached hydrogens (tertiary/aromatic N) is 2. The summed E-state index contributed by atoms with van der Waals surface area (Å²) >= 11 is 6.62. The summed E-state index contributed by atoms with van der Waals surface area (Å²) in [6.45, 7) is 4.92. The predicted octanol–water partition coefficient (Wildman–Crippen LogP) is 5.47. The lowest BCUT2D eigenvalue weighted by molar-refractivity contribution is -0.136. The number of aromatic nitrogens is 2. The molecule has 0 radical (unpaired) electrons. The minimum atomic E-state index is -0.689. The molecule has 2 fully saturated rings. The Balaban J connectivity index is 1.41. The van der Waals surface area contributed by atoms with Crippen molar-refractivity contribution in [2.24, 2.45) is 11.8 Å². The summed E-state index contributed by atoms with van der Waals surface area (Å²) in [4.78, 5) is 35.5. The number of rotatable bonds is 3. The number of halogens is 1. The SMILES string of the molecule is CC(C)C1CCN(C(=O)c2ccc(-c3cccc4[nH]cnc34)cc2Cl)COC2(CC2)C(=O)C1. The lowest BCUT2D eigenvalue weighted by atomic mass is 9.86. The van der Waals surface area contributed by atoms with Gasteiger partial charge in [-0.15, -0.1) is 0 Å². The second kappa shape index (κ2) is 8.58. The Morgan fingerprint density at radius 3 is 2.82 bits per heavy atom. The third kappa shape index (κ3) is 4.18. The first-order valence-electron chi connectivity index (χ1n) is 11.6. The molecule has 1 aliphatic heterocycles. The van der Waals surface area contributed by atoms with Gasteiger partial charge in [-0.2, -0.15) is 0 Å². The molecule has 33 heavy (non-hydrogen) atoms. The zero-order valence-electron chi connectivity index (χ0n) is 18.9. The van der Waals surface area contributed by atoms with Crippen molar-refractivity contribution < 1.29 is 14.3 Å². The van der Waals surface area contributed by atoms with Crippen LogP contribution in [0, 0.1) is 11.8 Å². The van der Waals surface area contributed by atoms with Crippen LogP contribution in [0.1, 0.15) is 49.9 Å². The number of aromatic amines is 1. The first-order chi connectivity index (χ1) is 15.9. The lowest BCUT2D eigenvalue weighted by Crippen LogP contribution is -2.37. The molecule has 1 atom stereocenters. The van der Waals surface area contributed by atoms with E-state index in [9.17, 15) is 9.59 Å². The van der Waals surface area contributed by atoms with Crippen molar-refractivity contribution in [1.29, 1.82) is 0 Å². The summed E-state index contributed by atoms with van der Waals surface area (Å²) < 4.78 is 6.03. The van der Waals surface area contributed by atoms with Crippen molar-refractivity contribution >= 4 is 34.3 Å². The van der Waals surface area contributed by atoms with Crippen LogP contribution in [0.4, 0.5) is 0 Å². The first-order valence-corrected chi connectivity index (χ1v) is 11.9. The molecule has 6 nitrogen and oxygen atoms in total. The minimum absolute atomic E-state index is 0.111. The predicted molar refractivity (Wildman–Crippen MR) is 128 cm³/mol. The van der Waals surface area contributed by atoms with Gasteiger partial charge in [0, 0.05) is 18.5 Å². The molecule has 1 aliphatic carbocycles. The van der Waals surface area contributed by atoms with Gasteiger partial charge in [-0.3, -0.25) is 9.59 Å². The van der Waals surface area contributed by atoms with Crippen LogP contribution in [-0.2, 0) is 9.53 Å². The fourth-order valence-electron chi connectivity index (χ4n) is 4.69. The molecule has 5 rings (SSSR count). The Morgan fingerprint density at radius 2 is 2.09 bits per heavy atom. The van der Waals surface area contributed by atoms with E-state index in [1.165, 1.54) is 0 Å². The highest BCUT2D eigenvalue weighted by molar-refractivity contribution is 6.34. The molecule has 1 amide bonds. The Morgan fingerprint density at radius 1 is 1.27 bits per heavy atom. The van der Waals surface area contributed by atoms with Crippen molar-refractivity contribution in [3.63, 3.8) is 0 Å². The number of hydrogen-bond donors (Lipinski definition) is 1. The smallest absolute Gasteiger partial charge is 0.257 e. The first kappa shape index (κ1) is 22.1. The van der Waals surface area contributed by atoms with E-state index in [0.29, 0.717) is 29.5 Å². The van der Waals surface area contributed by atoms with E-state index in [0.717, 1.165) is 41.4 Å². The maximum atomic E-state index is 13.5. The number of carbonyl (C=O) groups is 2. The number of H-pyrrole nitrogens is 1. The van der Waals surface area contributed by atoms with Gasteiger partial charge >= 0.3 is 0 Å². The zero-order valence-corrected chi connectivity index (χ0v) is 19.7. The molecule has 7 heteroatoms. The Labute approximate surface area is 198 Å². The number of nitrogens with one attached hydrogen (secondary N) is 1. The number of imidazole rings is 1. The average molecular weight is 466 g/mol. The molecule has 2 aliphatic rings. The maximum Gasteiger partial charge on any atom is 0.257 e. The summed E-state index contributed by atoms with van der Waals surface area (Å²) in [5.41, 5.74) is 3.41. The number of ether oxygens (including phenoxy) is 1. The molecule has 1 saturated carbocycles. The molecule has 1 unspecified atom stereocenters. The highest BCUT2D eigenvalue weighted by Crippen LogP contribution is 2.43. The van der Waals surface area contributed by atoms with Gasteiger partial charge in [-0.05, 0) is 54.9 Å². The minimum Gasteiger partial charge on any atom is -0.347 e. The number of ketones is 1. The number of Topliss-reactive ketones (excluding diaryl/α,β-unsaturated/α-hetero) is 1. The third-order valence-electron chi connectivity index (χ3n) is 7.12. The van der Waals surface area contributed by atoms with Crippen molar-refractivity contribution in [3.05, 3.63) is 53.3 Å². The second-order valence-corrected chi connectivity index (χ2v) is 9.96. The van der Waals surface area contributed by atoms with E-state index < -0.39 is 5.60 Å². The van der Waals surface area contributed by atoms with E-state index in [2.05, 4.69) is 23.8 Å². The standard InChI is InChI=1S/C26H28ClN3O3/c1-16(2)17-8-11-30(15-33-26(9-10-26)23(31)13-17)25(32)20-7-6-18(12-21(20)27)19-4-3-5-22-24(19)29-14-28-22/h3-7,12,14,16-17H,8-11,13,15H2,1-2H3,(H,28,29). The lowest BCUT2D eigenvalue weighted by Gasteiger charge is -2.25. The van der Waals surface area contributed by atoms with E-state index in [1.54, 1.807) is 17.3 Å². The second-order valence-electron chi connectivity index (χ2n) is 9.56. The van der Waals surface area contributed by atoms with Gasteiger partial charge in [-0.1, -0.05) is 43.6 Å². The highest BCUT2D eigenvalue weighted by Gasteiger charge is 2.52. The van der Waals surface area contributed by atoms with Crippen LogP contribution in [0.2, 0.25) is 5.02 Å². The van der Waals surface area contributed by atoms with Crippen LogP contribution in [-0.4, -0.2) is 45.4 Å². The van der Waals surface area contributed by atoms with E-state index in [1.807, 2.05) is 30.3 Å². The summed E-state index contributed by atoms with van der Waals surface area (Å²) in [6, 6.07) is 11.4. The Hall–Kier alpha value is -2.70. The topological polar surface area (TPSA) is 75.3 Å². The van der Waals surface area contributed by atoms with Gasteiger partial charge in [-0.25, -0.2) is 4.98 Å². The van der Waals surface area contributed by atoms with Crippen LogP contribution in [0.5, 0.6) is 0 Å². The van der Waals surface area contributed by atoms with Crippen LogP contribution in [0.25, 0.3) is 22.2 Å². The summed E-state index contributed by atoms with van der Waals surface area (Å²) in [6.07, 6.45) is 4.44. The van der Waals surface area contributed by atoms with Crippen LogP contribution < -0.4 is 0 Å². The van der Waals surface area contributed by atoms with E-state index >= 15 is 0 Å². The van der Waals surface area contributed by atoms with Crippen molar-refractivity contribution in [2.45, 2.75) is 45.1 Å². The summed E-state index contributed by atoms with van der Waals surface area (Å²) in [5, 5.41) is 0.391. The fraction of sp³-hybridized carbons (Fsp3) is 0.423. The highest BCUT2D eigenvalue weighted by atomic mass is 35.5. The zero-order chi connectivity index (χ0) is 23.2. The molecule has 1 spiro atoms. The largest absolute Gasteiger partial charge is 0.347 e. The Bertz CT molecular complexity index is 1210. The normalized spacial score (nSPS) is 20.7. The average Bonchev–Trinajstić information content (AvgIpc) is 3.42. The maximum absolute atomic E-state index is 13.5. The van der Waals surface area contributed by atoms with Crippen molar-refractivity contribution in [1.82, 2.24) is 14.9 Å². The van der Waals surface area contributed by atoms with Crippen molar-refractivity contribution in [2.75, 3.05) is 13.3 Å². The quantitative estimate of drug-likeness (QED) is 0.556. The van der Waals surface area contributed by atoms with Crippen LogP contribution >= 0.6 is 11.6 Å². The van der Waals surface area contributed by atoms with Gasteiger partial charge in [0.1, 0.15) is 12.3 Å². The summed E-state index contributed by atoms with van der Waals surface area (Å²) in [5.74, 6) is 0.620. The van der Waals surface area contributed by atoms with Crippen molar-refractivity contribution in [3.8, 4) is 11.1 Å². The number of benzene rings is 2. The molecule has 172 valence electrons. The molecule has 0 bridgehead atoms. The molecule has 1 N–H and O–H groups in total. The van der Waals surface area contributed by atoms with Gasteiger partial charge in [0.2, 0.25) is 0 Å². The number of para-hydroxylation sites is 1. The number of fused-ring (bicyclic) bond motifs is 1. The molecule has 1 aromatic heterocycles. The number of amides is 1. The molecule has 2 aromatic carbocycles. The molecular weight excluding hydrogens is 438 g/mol. The monoisotopic (exact) mass is 465 g/mol. The van der Waals surface area contributed by atoms with Crippen LogP contribution in [0.3, 0.4) is 0 Å². The molecular formula is C26H28ClN3O3. The summed E-state index contributed by atoms with van der Waals surface area (Å²) in [7, 11) is 0. The number of hydrogen-bond acceptors (Lipinski definition) is 4. The van der Waals surface area contributed by atoms with Gasteiger partial charge in [0.25, 0.3) is 5.91 Å². The van der Waals surface area contributed by atoms with Crippen LogP contribution in [0.15, 0.2) is 42.7 Å². The Kier molecular flexibility index (Phi) is 5.75. The van der Waals surface area contributed by atoms with Gasteiger partial charge in [0.05, 0.1) is 27.9 Å². The fourth-order valence-corrected chi connectivity index (χ4v) is 4.95. The van der Waals surface area contributed by atoms with Gasteiger partial charge in [0.15, 0.2) is 5.78 Å². The van der Waals surface area contributed by atoms with E-state index in [4.69, 9.17) is 16.3 Å². The third-order valence-corrected chi connectivity index (χ3v) is 7.43. The molecule has 3 aromatic rings. The van der Waals surface area contributed by atoms with E-state index in [-0.39, 0.29) is 24.3 Å². The van der Waals surface area contributed by atoms with Gasteiger partial charge < -0.3 is 14.6 Å². The molecule has 2 heterocycles. The molecule has 1 saturated heterocycles. The number of carbonyl (C=O) groups excluding carboxylic acids is 2.